The van der Waals surface area contributed by atoms with Crippen LogP contribution in [0.4, 0.5) is 0 Å². The summed E-state index contributed by atoms with van der Waals surface area (Å²) in [7, 11) is 1.83. The molecule has 78 valence electrons. The lowest BCUT2D eigenvalue weighted by atomic mass is 10.2. The highest BCUT2D eigenvalue weighted by molar-refractivity contribution is 7.71. The molecule has 0 aliphatic heterocycles. The fraction of sp³-hybridized carbons (Fsp3) is 0.111. The van der Waals surface area contributed by atoms with E-state index in [1.165, 1.54) is 0 Å². The lowest BCUT2D eigenvalue weighted by Crippen LogP contribution is -1.93. The molecule has 0 radical (unpaired) electrons. The molecule has 0 amide bonds. The van der Waals surface area contributed by atoms with E-state index in [9.17, 15) is 0 Å². The predicted molar refractivity (Wildman–Crippen MR) is 63.8 cm³/mol. The SMILES string of the molecule is Cn1c(-c2ccc(Cl)cc2Cl)n[nH]c1=S. The second-order valence-electron chi connectivity index (χ2n) is 3.04. The van der Waals surface area contributed by atoms with Crippen molar-refractivity contribution < 1.29 is 0 Å². The Bertz CT molecular complexity index is 559. The number of nitrogens with zero attached hydrogens (tertiary/aromatic N) is 2. The maximum atomic E-state index is 6.06. The van der Waals surface area contributed by atoms with Crippen LogP contribution < -0.4 is 0 Å². The van der Waals surface area contributed by atoms with E-state index < -0.39 is 0 Å². The third-order valence-electron chi connectivity index (χ3n) is 2.05. The van der Waals surface area contributed by atoms with Crippen molar-refractivity contribution in [2.45, 2.75) is 0 Å². The fourth-order valence-electron chi connectivity index (χ4n) is 1.26. The molecule has 0 spiro atoms. The Hall–Kier alpha value is -0.840. The van der Waals surface area contributed by atoms with Crippen molar-refractivity contribution in [1.29, 1.82) is 0 Å². The third-order valence-corrected chi connectivity index (χ3v) is 2.96. The normalized spacial score (nSPS) is 10.6. The van der Waals surface area contributed by atoms with Crippen LogP contribution in [-0.4, -0.2) is 14.8 Å². The minimum atomic E-state index is 0.552. The second-order valence-corrected chi connectivity index (χ2v) is 4.27. The van der Waals surface area contributed by atoms with Crippen LogP contribution in [0.3, 0.4) is 0 Å². The Kier molecular flexibility index (Phi) is 2.82. The van der Waals surface area contributed by atoms with Crippen LogP contribution in [0.25, 0.3) is 11.4 Å². The lowest BCUT2D eigenvalue weighted by molar-refractivity contribution is 0.902. The molecule has 15 heavy (non-hydrogen) atoms. The van der Waals surface area contributed by atoms with E-state index in [1.54, 1.807) is 16.7 Å². The minimum Gasteiger partial charge on any atom is -0.303 e. The number of hydrogen-bond donors (Lipinski definition) is 1. The fourth-order valence-corrected chi connectivity index (χ4v) is 1.88. The van der Waals surface area contributed by atoms with Crippen molar-refractivity contribution in [3.05, 3.63) is 33.0 Å². The first-order chi connectivity index (χ1) is 7.09. The zero-order valence-corrected chi connectivity index (χ0v) is 10.1. The van der Waals surface area contributed by atoms with Crippen molar-refractivity contribution in [1.82, 2.24) is 14.8 Å². The summed E-state index contributed by atoms with van der Waals surface area (Å²) in [6, 6.07) is 5.26. The van der Waals surface area contributed by atoms with Crippen LogP contribution in [0.2, 0.25) is 10.0 Å². The van der Waals surface area contributed by atoms with Gasteiger partial charge in [0, 0.05) is 17.6 Å². The molecule has 0 aliphatic carbocycles. The highest BCUT2D eigenvalue weighted by Gasteiger charge is 2.09. The zero-order chi connectivity index (χ0) is 11.0. The average molecular weight is 260 g/mol. The van der Waals surface area contributed by atoms with Gasteiger partial charge in [-0.1, -0.05) is 23.2 Å². The second kappa shape index (κ2) is 3.96. The van der Waals surface area contributed by atoms with E-state index in [0.29, 0.717) is 20.6 Å². The smallest absolute Gasteiger partial charge is 0.195 e. The summed E-state index contributed by atoms with van der Waals surface area (Å²) in [5, 5.41) is 7.95. The first kappa shape index (κ1) is 10.7. The molecule has 1 N–H and O–H groups in total. The van der Waals surface area contributed by atoms with Crippen molar-refractivity contribution >= 4 is 35.4 Å². The number of benzene rings is 1. The van der Waals surface area contributed by atoms with Gasteiger partial charge in [-0.05, 0) is 30.4 Å². The van der Waals surface area contributed by atoms with E-state index in [4.69, 9.17) is 35.4 Å². The minimum absolute atomic E-state index is 0.552. The number of nitrogens with one attached hydrogen (secondary N) is 1. The summed E-state index contributed by atoms with van der Waals surface area (Å²) in [6.45, 7) is 0. The molecule has 1 aromatic carbocycles. The highest BCUT2D eigenvalue weighted by atomic mass is 35.5. The predicted octanol–water partition coefficient (Wildman–Crippen LogP) is 3.45. The molecule has 0 saturated carbocycles. The van der Waals surface area contributed by atoms with Gasteiger partial charge in [-0.15, -0.1) is 0 Å². The van der Waals surface area contributed by atoms with Gasteiger partial charge in [0.2, 0.25) is 0 Å². The molecule has 0 aliphatic rings. The zero-order valence-electron chi connectivity index (χ0n) is 7.79. The first-order valence-electron chi connectivity index (χ1n) is 4.16. The molecule has 0 saturated heterocycles. The molecule has 0 fully saturated rings. The van der Waals surface area contributed by atoms with Gasteiger partial charge in [-0.3, -0.25) is 5.10 Å². The number of halogens is 2. The quantitative estimate of drug-likeness (QED) is 0.797. The van der Waals surface area contributed by atoms with Gasteiger partial charge >= 0.3 is 0 Å². The summed E-state index contributed by atoms with van der Waals surface area (Å²) in [5.41, 5.74) is 0.802. The van der Waals surface area contributed by atoms with Crippen molar-refractivity contribution in [2.24, 2.45) is 7.05 Å². The number of rotatable bonds is 1. The lowest BCUT2D eigenvalue weighted by Gasteiger charge is -2.03. The van der Waals surface area contributed by atoms with Crippen LogP contribution in [0.15, 0.2) is 18.2 Å². The maximum Gasteiger partial charge on any atom is 0.195 e. The molecule has 6 heteroatoms. The van der Waals surface area contributed by atoms with E-state index in [0.717, 1.165) is 5.56 Å². The molecular weight excluding hydrogens is 253 g/mol. The van der Waals surface area contributed by atoms with Gasteiger partial charge in [0.05, 0.1) is 5.02 Å². The van der Waals surface area contributed by atoms with Crippen LogP contribution in [-0.2, 0) is 7.05 Å². The third kappa shape index (κ3) is 1.93. The van der Waals surface area contributed by atoms with Crippen LogP contribution >= 0.6 is 35.4 Å². The Morgan fingerprint density at radius 3 is 2.67 bits per heavy atom. The summed E-state index contributed by atoms with van der Waals surface area (Å²) in [6.07, 6.45) is 0. The van der Waals surface area contributed by atoms with E-state index in [1.807, 2.05) is 13.1 Å². The Morgan fingerprint density at radius 2 is 2.13 bits per heavy atom. The van der Waals surface area contributed by atoms with Crippen molar-refractivity contribution in [3.63, 3.8) is 0 Å². The number of H-pyrrole nitrogens is 1. The molecule has 2 rings (SSSR count). The van der Waals surface area contributed by atoms with Crippen LogP contribution in [0, 0.1) is 4.77 Å². The molecule has 0 atom stereocenters. The monoisotopic (exact) mass is 259 g/mol. The van der Waals surface area contributed by atoms with Gasteiger partial charge in [-0.2, -0.15) is 5.10 Å². The van der Waals surface area contributed by atoms with Gasteiger partial charge in [0.15, 0.2) is 10.6 Å². The van der Waals surface area contributed by atoms with E-state index in [-0.39, 0.29) is 0 Å². The van der Waals surface area contributed by atoms with Crippen LogP contribution in [0.5, 0.6) is 0 Å². The molecule has 1 heterocycles. The molecule has 0 bridgehead atoms. The first-order valence-corrected chi connectivity index (χ1v) is 5.33. The Morgan fingerprint density at radius 1 is 1.40 bits per heavy atom. The standard InChI is InChI=1S/C9H7Cl2N3S/c1-14-8(12-13-9(14)15)6-3-2-5(10)4-7(6)11/h2-4H,1H3,(H,13,15). The van der Waals surface area contributed by atoms with Gasteiger partial charge in [-0.25, -0.2) is 0 Å². The van der Waals surface area contributed by atoms with E-state index >= 15 is 0 Å². The summed E-state index contributed by atoms with van der Waals surface area (Å²) in [4.78, 5) is 0. The van der Waals surface area contributed by atoms with Gasteiger partial charge in [0.25, 0.3) is 0 Å². The van der Waals surface area contributed by atoms with Crippen molar-refractivity contribution in [2.75, 3.05) is 0 Å². The molecule has 2 aromatic rings. The summed E-state index contributed by atoms with van der Waals surface area (Å²) >= 11 is 16.9. The molecule has 0 unspecified atom stereocenters. The Balaban J connectivity index is 2.64. The highest BCUT2D eigenvalue weighted by Crippen LogP contribution is 2.28. The average Bonchev–Trinajstić information content (AvgIpc) is 2.49. The van der Waals surface area contributed by atoms with Crippen molar-refractivity contribution in [3.8, 4) is 11.4 Å². The molecular formula is C9H7Cl2N3S. The Labute approximate surface area is 102 Å². The summed E-state index contributed by atoms with van der Waals surface area (Å²) < 4.78 is 2.31. The van der Waals surface area contributed by atoms with Gasteiger partial charge in [0.1, 0.15) is 0 Å². The summed E-state index contributed by atoms with van der Waals surface area (Å²) in [5.74, 6) is 0.696. The number of aromatic nitrogens is 3. The number of aromatic amines is 1. The topological polar surface area (TPSA) is 33.6 Å². The van der Waals surface area contributed by atoms with E-state index in [2.05, 4.69) is 10.2 Å². The maximum absolute atomic E-state index is 6.06. The number of hydrogen-bond acceptors (Lipinski definition) is 2. The molecule has 1 aromatic heterocycles. The molecule has 3 nitrogen and oxygen atoms in total. The largest absolute Gasteiger partial charge is 0.303 e. The van der Waals surface area contributed by atoms with Gasteiger partial charge < -0.3 is 4.57 Å². The van der Waals surface area contributed by atoms with Crippen LogP contribution in [0.1, 0.15) is 0 Å².